The number of aromatic carboxylic acids is 1. The summed E-state index contributed by atoms with van der Waals surface area (Å²) in [6.45, 7) is 1.62. The number of hydrogen-bond acceptors (Lipinski definition) is 2. The maximum Gasteiger partial charge on any atom is 0.354 e. The van der Waals surface area contributed by atoms with Gasteiger partial charge in [-0.15, -0.1) is 0 Å². The molecule has 6 heteroatoms. The Balaban J connectivity index is 2.44. The fourth-order valence-electron chi connectivity index (χ4n) is 1.73. The maximum atomic E-state index is 13.6. The zero-order valence-electron chi connectivity index (χ0n) is 9.52. The van der Waals surface area contributed by atoms with Gasteiger partial charge >= 0.3 is 5.97 Å². The summed E-state index contributed by atoms with van der Waals surface area (Å²) < 4.78 is 15.0. The van der Waals surface area contributed by atoms with Crippen LogP contribution in [0.4, 0.5) is 4.39 Å². The normalized spacial score (nSPS) is 10.6. The highest BCUT2D eigenvalue weighted by molar-refractivity contribution is 6.31. The molecule has 0 aliphatic heterocycles. The lowest BCUT2D eigenvalue weighted by atomic mass is 10.2. The molecule has 0 bridgehead atoms. The summed E-state index contributed by atoms with van der Waals surface area (Å²) in [5.74, 6) is -1.57. The van der Waals surface area contributed by atoms with Crippen LogP contribution < -0.4 is 0 Å². The Kier molecular flexibility index (Phi) is 3.34. The van der Waals surface area contributed by atoms with Crippen LogP contribution in [0.25, 0.3) is 0 Å². The van der Waals surface area contributed by atoms with Crippen LogP contribution in [0.1, 0.15) is 21.7 Å². The number of carbonyl (C=O) groups is 1. The summed E-state index contributed by atoms with van der Waals surface area (Å²) in [6.07, 6.45) is 1.36. The average Bonchev–Trinajstić information content (AvgIpc) is 2.65. The Morgan fingerprint density at radius 3 is 2.89 bits per heavy atom. The molecule has 0 aliphatic carbocycles. The molecule has 94 valence electrons. The largest absolute Gasteiger partial charge is 0.477 e. The van der Waals surface area contributed by atoms with Gasteiger partial charge in [0.05, 0.1) is 18.6 Å². The number of benzene rings is 1. The van der Waals surface area contributed by atoms with Gasteiger partial charge in [-0.05, 0) is 19.1 Å². The van der Waals surface area contributed by atoms with Gasteiger partial charge in [0.15, 0.2) is 0 Å². The number of rotatable bonds is 3. The number of halogens is 2. The predicted octanol–water partition coefficient (Wildman–Crippen LogP) is 2.73. The van der Waals surface area contributed by atoms with Crippen LogP contribution in [-0.4, -0.2) is 20.6 Å². The second-order valence-electron chi connectivity index (χ2n) is 3.81. The number of aromatic nitrogens is 2. The van der Waals surface area contributed by atoms with Crippen LogP contribution in [-0.2, 0) is 6.54 Å². The van der Waals surface area contributed by atoms with Gasteiger partial charge in [0.2, 0.25) is 0 Å². The molecule has 2 rings (SSSR count). The van der Waals surface area contributed by atoms with Gasteiger partial charge in [-0.3, -0.25) is 0 Å². The molecule has 0 saturated carbocycles. The van der Waals surface area contributed by atoms with Crippen molar-refractivity contribution in [3.05, 3.63) is 52.3 Å². The SMILES string of the molecule is Cc1ncn(Cc2c(F)cccc2Cl)c1C(=O)O. The van der Waals surface area contributed by atoms with Gasteiger partial charge in [0, 0.05) is 10.6 Å². The summed E-state index contributed by atoms with van der Waals surface area (Å²) in [4.78, 5) is 15.0. The average molecular weight is 269 g/mol. The summed E-state index contributed by atoms with van der Waals surface area (Å²) in [7, 11) is 0. The fourth-order valence-corrected chi connectivity index (χ4v) is 1.96. The number of nitrogens with zero attached hydrogens (tertiary/aromatic N) is 2. The van der Waals surface area contributed by atoms with Gasteiger partial charge in [0.1, 0.15) is 11.5 Å². The Labute approximate surface area is 108 Å². The standard InChI is InChI=1S/C12H10ClFN2O2/c1-7-11(12(17)18)16(6-15-7)5-8-9(13)3-2-4-10(8)14/h2-4,6H,5H2,1H3,(H,17,18). The molecule has 1 aromatic carbocycles. The molecule has 4 nitrogen and oxygen atoms in total. The Hall–Kier alpha value is -1.88. The van der Waals surface area contributed by atoms with Crippen LogP contribution in [0, 0.1) is 12.7 Å². The first-order valence-electron chi connectivity index (χ1n) is 5.18. The van der Waals surface area contributed by atoms with Crippen molar-refractivity contribution in [2.45, 2.75) is 13.5 Å². The molecule has 0 atom stereocenters. The molecule has 0 aliphatic rings. The molecule has 0 amide bonds. The van der Waals surface area contributed by atoms with Crippen molar-refractivity contribution in [1.82, 2.24) is 9.55 Å². The molecule has 0 saturated heterocycles. The van der Waals surface area contributed by atoms with E-state index in [1.165, 1.54) is 23.0 Å². The number of imidazole rings is 1. The van der Waals surface area contributed by atoms with Crippen LogP contribution in [0.2, 0.25) is 5.02 Å². The first-order valence-corrected chi connectivity index (χ1v) is 5.56. The third-order valence-electron chi connectivity index (χ3n) is 2.61. The molecular formula is C12H10ClFN2O2. The van der Waals surface area contributed by atoms with Crippen molar-refractivity contribution in [1.29, 1.82) is 0 Å². The van der Waals surface area contributed by atoms with E-state index in [4.69, 9.17) is 16.7 Å². The van der Waals surface area contributed by atoms with E-state index in [2.05, 4.69) is 4.98 Å². The molecule has 0 radical (unpaired) electrons. The highest BCUT2D eigenvalue weighted by Gasteiger charge is 2.17. The van der Waals surface area contributed by atoms with E-state index in [1.807, 2.05) is 0 Å². The number of aryl methyl sites for hydroxylation is 1. The molecule has 1 aromatic heterocycles. The van der Waals surface area contributed by atoms with Crippen molar-refractivity contribution >= 4 is 17.6 Å². The van der Waals surface area contributed by atoms with Gasteiger partial charge in [0.25, 0.3) is 0 Å². The van der Waals surface area contributed by atoms with Gasteiger partial charge < -0.3 is 9.67 Å². The minimum atomic E-state index is -1.10. The first kappa shape index (κ1) is 12.6. The minimum Gasteiger partial charge on any atom is -0.477 e. The number of carboxylic acid groups (broad SMARTS) is 1. The highest BCUT2D eigenvalue weighted by atomic mass is 35.5. The van der Waals surface area contributed by atoms with Crippen molar-refractivity contribution in [3.8, 4) is 0 Å². The lowest BCUT2D eigenvalue weighted by Crippen LogP contribution is -2.11. The topological polar surface area (TPSA) is 55.1 Å². The lowest BCUT2D eigenvalue weighted by molar-refractivity contribution is 0.0684. The summed E-state index contributed by atoms with van der Waals surface area (Å²) >= 11 is 5.90. The lowest BCUT2D eigenvalue weighted by Gasteiger charge is -2.08. The van der Waals surface area contributed by atoms with E-state index >= 15 is 0 Å². The van der Waals surface area contributed by atoms with Crippen molar-refractivity contribution in [3.63, 3.8) is 0 Å². The van der Waals surface area contributed by atoms with E-state index in [0.29, 0.717) is 5.69 Å². The summed E-state index contributed by atoms with van der Waals surface area (Å²) in [5, 5.41) is 9.33. The summed E-state index contributed by atoms with van der Waals surface area (Å²) in [6, 6.07) is 4.34. The van der Waals surface area contributed by atoms with E-state index in [0.717, 1.165) is 0 Å². The molecule has 18 heavy (non-hydrogen) atoms. The first-order chi connectivity index (χ1) is 8.50. The van der Waals surface area contributed by atoms with Crippen molar-refractivity contribution in [2.75, 3.05) is 0 Å². The molecule has 0 spiro atoms. The Morgan fingerprint density at radius 2 is 2.28 bits per heavy atom. The van der Waals surface area contributed by atoms with Crippen LogP contribution in [0.15, 0.2) is 24.5 Å². The van der Waals surface area contributed by atoms with E-state index in [1.54, 1.807) is 13.0 Å². The van der Waals surface area contributed by atoms with Gasteiger partial charge in [-0.25, -0.2) is 14.2 Å². The van der Waals surface area contributed by atoms with Crippen LogP contribution in [0.3, 0.4) is 0 Å². The minimum absolute atomic E-state index is 0.0357. The van der Waals surface area contributed by atoms with Crippen LogP contribution in [0.5, 0.6) is 0 Å². The Morgan fingerprint density at radius 1 is 1.56 bits per heavy atom. The third kappa shape index (κ3) is 2.22. The van der Waals surface area contributed by atoms with Crippen molar-refractivity contribution in [2.24, 2.45) is 0 Å². The molecule has 0 fully saturated rings. The van der Waals surface area contributed by atoms with Gasteiger partial charge in [-0.1, -0.05) is 17.7 Å². The highest BCUT2D eigenvalue weighted by Crippen LogP contribution is 2.21. The van der Waals surface area contributed by atoms with E-state index in [9.17, 15) is 9.18 Å². The number of hydrogen-bond donors (Lipinski definition) is 1. The quantitative estimate of drug-likeness (QED) is 0.931. The van der Waals surface area contributed by atoms with E-state index in [-0.39, 0.29) is 22.8 Å². The molecule has 2 aromatic rings. The smallest absolute Gasteiger partial charge is 0.354 e. The summed E-state index contributed by atoms with van der Waals surface area (Å²) in [5.41, 5.74) is 0.670. The van der Waals surface area contributed by atoms with E-state index < -0.39 is 11.8 Å². The Bertz CT molecular complexity index is 590. The number of carboxylic acids is 1. The fraction of sp³-hybridized carbons (Fsp3) is 0.167. The van der Waals surface area contributed by atoms with Crippen LogP contribution >= 0.6 is 11.6 Å². The van der Waals surface area contributed by atoms with Crippen molar-refractivity contribution < 1.29 is 14.3 Å². The second-order valence-corrected chi connectivity index (χ2v) is 4.22. The molecular weight excluding hydrogens is 259 g/mol. The molecule has 1 N–H and O–H groups in total. The third-order valence-corrected chi connectivity index (χ3v) is 2.97. The predicted molar refractivity (Wildman–Crippen MR) is 64.4 cm³/mol. The zero-order valence-corrected chi connectivity index (χ0v) is 10.3. The van der Waals surface area contributed by atoms with Gasteiger partial charge in [-0.2, -0.15) is 0 Å². The second kappa shape index (κ2) is 4.78. The monoisotopic (exact) mass is 268 g/mol. The zero-order chi connectivity index (χ0) is 13.3. The molecule has 0 unspecified atom stereocenters. The molecule has 1 heterocycles. The maximum absolute atomic E-state index is 13.6.